The third-order valence-electron chi connectivity index (χ3n) is 0.748. The minimum absolute atomic E-state index is 0.218. The number of nitrogens with zero attached hydrogens (tertiary/aromatic N) is 1. The largest absolute Gasteiger partial charge is 0.388 e. The first-order valence-electron chi connectivity index (χ1n) is 2.28. The molecule has 0 spiro atoms. The summed E-state index contributed by atoms with van der Waals surface area (Å²) >= 11 is 2.05. The van der Waals surface area contributed by atoms with Crippen LogP contribution in [-0.4, -0.2) is 15.1 Å². The fraction of sp³-hybridized carbons (Fsp3) is 0.800. The Hall–Kier alpha value is 0.180. The molecule has 46 valence electrons. The van der Waals surface area contributed by atoms with Crippen molar-refractivity contribution in [3.8, 4) is 6.07 Å². The Balaban J connectivity index is 3.58. The van der Waals surface area contributed by atoms with Crippen molar-refractivity contribution in [1.82, 2.24) is 0 Å². The Morgan fingerprint density at radius 3 is 2.50 bits per heavy atom. The van der Waals surface area contributed by atoms with Gasteiger partial charge in [-0.15, -0.1) is 0 Å². The summed E-state index contributed by atoms with van der Waals surface area (Å²) in [5.74, 6) is 0. The van der Waals surface area contributed by atoms with Gasteiger partial charge in [-0.05, 0) is 6.92 Å². The molecule has 0 aromatic rings. The number of nitriles is 1. The first-order chi connectivity index (χ1) is 3.62. The Morgan fingerprint density at radius 2 is 2.38 bits per heavy atom. The molecule has 0 aliphatic rings. The van der Waals surface area contributed by atoms with E-state index in [2.05, 4.69) is 22.6 Å². The van der Waals surface area contributed by atoms with Crippen molar-refractivity contribution in [3.63, 3.8) is 0 Å². The van der Waals surface area contributed by atoms with Gasteiger partial charge in [-0.25, -0.2) is 0 Å². The van der Waals surface area contributed by atoms with Gasteiger partial charge in [0, 0.05) is 4.43 Å². The van der Waals surface area contributed by atoms with Crippen molar-refractivity contribution in [3.05, 3.63) is 0 Å². The van der Waals surface area contributed by atoms with Gasteiger partial charge in [-0.1, -0.05) is 22.6 Å². The van der Waals surface area contributed by atoms with Crippen molar-refractivity contribution >= 4 is 22.6 Å². The second kappa shape index (κ2) is 3.25. The number of halogens is 1. The van der Waals surface area contributed by atoms with Crippen LogP contribution in [0.5, 0.6) is 0 Å². The van der Waals surface area contributed by atoms with Gasteiger partial charge < -0.3 is 5.11 Å². The van der Waals surface area contributed by atoms with E-state index in [9.17, 15) is 0 Å². The summed E-state index contributed by atoms with van der Waals surface area (Å²) in [4.78, 5) is 0. The van der Waals surface area contributed by atoms with Crippen molar-refractivity contribution in [1.29, 1.82) is 5.26 Å². The summed E-state index contributed by atoms with van der Waals surface area (Å²) in [6, 6.07) is 1.90. The summed E-state index contributed by atoms with van der Waals surface area (Å²) < 4.78 is 0.609. The molecule has 0 saturated heterocycles. The zero-order chi connectivity index (χ0) is 6.62. The Bertz CT molecular complexity index is 105. The quantitative estimate of drug-likeness (QED) is 0.564. The van der Waals surface area contributed by atoms with Crippen LogP contribution in [-0.2, 0) is 0 Å². The van der Waals surface area contributed by atoms with Crippen LogP contribution in [0.3, 0.4) is 0 Å². The van der Waals surface area contributed by atoms with Crippen molar-refractivity contribution in [2.45, 2.75) is 18.9 Å². The lowest BCUT2D eigenvalue weighted by Crippen LogP contribution is -2.24. The Morgan fingerprint density at radius 1 is 1.88 bits per heavy atom. The van der Waals surface area contributed by atoms with Crippen LogP contribution in [0, 0.1) is 11.3 Å². The molecule has 0 aliphatic carbocycles. The van der Waals surface area contributed by atoms with E-state index < -0.39 is 5.60 Å². The second-order valence-corrected chi connectivity index (χ2v) is 2.73. The lowest BCUT2D eigenvalue weighted by molar-refractivity contribution is 0.0940. The van der Waals surface area contributed by atoms with Gasteiger partial charge in [0.2, 0.25) is 0 Å². The van der Waals surface area contributed by atoms with Crippen LogP contribution in [0.25, 0.3) is 0 Å². The molecule has 1 unspecified atom stereocenters. The first-order valence-corrected chi connectivity index (χ1v) is 3.80. The predicted octanol–water partition coefficient (Wildman–Crippen LogP) is 1.09. The number of rotatable bonds is 2. The van der Waals surface area contributed by atoms with Gasteiger partial charge in [0.15, 0.2) is 0 Å². The molecule has 0 aromatic heterocycles. The van der Waals surface area contributed by atoms with Gasteiger partial charge in [-0.3, -0.25) is 0 Å². The molecule has 0 bridgehead atoms. The van der Waals surface area contributed by atoms with Crippen LogP contribution < -0.4 is 0 Å². The highest BCUT2D eigenvalue weighted by Gasteiger charge is 2.16. The fourth-order valence-corrected chi connectivity index (χ4v) is 0.487. The highest BCUT2D eigenvalue weighted by atomic mass is 127. The molecule has 0 rings (SSSR count). The average Bonchev–Trinajstić information content (AvgIpc) is 1.67. The summed E-state index contributed by atoms with van der Waals surface area (Å²) in [6.45, 7) is 1.66. The fourth-order valence-electron chi connectivity index (χ4n) is 0.218. The van der Waals surface area contributed by atoms with Crippen molar-refractivity contribution in [2.75, 3.05) is 4.43 Å². The van der Waals surface area contributed by atoms with E-state index in [1.54, 1.807) is 6.92 Å². The van der Waals surface area contributed by atoms with E-state index in [-0.39, 0.29) is 6.42 Å². The zero-order valence-electron chi connectivity index (χ0n) is 4.69. The predicted molar refractivity (Wildman–Crippen MR) is 39.7 cm³/mol. The Labute approximate surface area is 62.6 Å². The van der Waals surface area contributed by atoms with Crippen molar-refractivity contribution in [2.24, 2.45) is 0 Å². The molecule has 0 heterocycles. The van der Waals surface area contributed by atoms with Gasteiger partial charge >= 0.3 is 0 Å². The number of hydrogen-bond acceptors (Lipinski definition) is 2. The average molecular weight is 225 g/mol. The maximum Gasteiger partial charge on any atom is 0.0838 e. The lowest BCUT2D eigenvalue weighted by Gasteiger charge is -2.14. The van der Waals surface area contributed by atoms with Crippen LogP contribution >= 0.6 is 22.6 Å². The minimum Gasteiger partial charge on any atom is -0.388 e. The highest BCUT2D eigenvalue weighted by Crippen LogP contribution is 2.10. The number of hydrogen-bond donors (Lipinski definition) is 1. The summed E-state index contributed by atoms with van der Waals surface area (Å²) in [7, 11) is 0. The molecule has 0 aromatic carbocycles. The van der Waals surface area contributed by atoms with Gasteiger partial charge in [0.25, 0.3) is 0 Å². The third-order valence-corrected chi connectivity index (χ3v) is 2.39. The topological polar surface area (TPSA) is 44.0 Å². The molecular weight excluding hydrogens is 217 g/mol. The smallest absolute Gasteiger partial charge is 0.0838 e. The normalized spacial score (nSPS) is 16.8. The minimum atomic E-state index is -0.782. The van der Waals surface area contributed by atoms with Crippen LogP contribution in [0.1, 0.15) is 13.3 Å². The summed E-state index contributed by atoms with van der Waals surface area (Å²) in [5.41, 5.74) is -0.782. The maximum absolute atomic E-state index is 9.09. The molecular formula is C5H8INO. The second-order valence-electron chi connectivity index (χ2n) is 1.97. The molecule has 0 saturated carbocycles. The van der Waals surface area contributed by atoms with E-state index in [4.69, 9.17) is 10.4 Å². The van der Waals surface area contributed by atoms with Gasteiger partial charge in [0.1, 0.15) is 0 Å². The zero-order valence-corrected chi connectivity index (χ0v) is 6.84. The van der Waals surface area contributed by atoms with E-state index in [0.717, 1.165) is 0 Å². The Kier molecular flexibility index (Phi) is 3.33. The SMILES string of the molecule is CC(O)(CI)CC#N. The van der Waals surface area contributed by atoms with Crippen LogP contribution in [0.2, 0.25) is 0 Å². The maximum atomic E-state index is 9.09. The molecule has 8 heavy (non-hydrogen) atoms. The molecule has 3 heteroatoms. The number of aliphatic hydroxyl groups is 1. The third kappa shape index (κ3) is 3.22. The summed E-state index contributed by atoms with van der Waals surface area (Å²) in [5, 5.41) is 17.2. The molecule has 0 amide bonds. The van der Waals surface area contributed by atoms with Crippen molar-refractivity contribution < 1.29 is 5.11 Å². The van der Waals surface area contributed by atoms with Crippen LogP contribution in [0.4, 0.5) is 0 Å². The monoisotopic (exact) mass is 225 g/mol. The van der Waals surface area contributed by atoms with E-state index >= 15 is 0 Å². The molecule has 0 aliphatic heterocycles. The molecule has 0 fully saturated rings. The van der Waals surface area contributed by atoms with Gasteiger partial charge in [0.05, 0.1) is 18.1 Å². The molecule has 1 N–H and O–H groups in total. The lowest BCUT2D eigenvalue weighted by atomic mass is 10.1. The summed E-state index contributed by atoms with van der Waals surface area (Å²) in [6.07, 6.45) is 0.218. The molecule has 0 radical (unpaired) electrons. The van der Waals surface area contributed by atoms with Crippen LogP contribution in [0.15, 0.2) is 0 Å². The van der Waals surface area contributed by atoms with E-state index in [0.29, 0.717) is 4.43 Å². The molecule has 1 atom stereocenters. The van der Waals surface area contributed by atoms with Gasteiger partial charge in [-0.2, -0.15) is 5.26 Å². The molecule has 2 nitrogen and oxygen atoms in total. The highest BCUT2D eigenvalue weighted by molar-refractivity contribution is 14.1. The number of alkyl halides is 1. The van der Waals surface area contributed by atoms with E-state index in [1.807, 2.05) is 6.07 Å². The standard InChI is InChI=1S/C5H8INO/c1-5(8,4-6)2-3-7/h8H,2,4H2,1H3. The first kappa shape index (κ1) is 8.18. The van der Waals surface area contributed by atoms with E-state index in [1.165, 1.54) is 0 Å².